The average molecular weight is 386 g/mol. The van der Waals surface area contributed by atoms with Crippen LogP contribution >= 0.6 is 23.4 Å². The Morgan fingerprint density at radius 3 is 2.64 bits per heavy atom. The summed E-state index contributed by atoms with van der Waals surface area (Å²) in [7, 11) is 0. The molecule has 10 heteroatoms. The molecule has 0 aromatic heterocycles. The standard InChI is InChI=1S/C15H16ClN3O5S/c16-15(24)6-25-13-9(12(21)19(13)10(15)14(22)23)18-11(20)8(17)7-4-2-1-3-5-7/h1-5,8-10,13,24H,6,17H2,(H,18,20)(H,22,23)/t8-,9-,10?,13-,15?/m1/s1. The van der Waals surface area contributed by atoms with E-state index in [9.17, 15) is 24.6 Å². The first-order chi connectivity index (χ1) is 11.7. The van der Waals surface area contributed by atoms with Gasteiger partial charge in [0.2, 0.25) is 11.8 Å². The third-order valence-corrected chi connectivity index (χ3v) is 6.15. The molecule has 0 bridgehead atoms. The van der Waals surface area contributed by atoms with E-state index in [1.165, 1.54) is 0 Å². The van der Waals surface area contributed by atoms with Gasteiger partial charge in [-0.2, -0.15) is 0 Å². The number of hydrogen-bond donors (Lipinski definition) is 4. The second kappa shape index (κ2) is 6.49. The van der Waals surface area contributed by atoms with Crippen LogP contribution < -0.4 is 11.1 Å². The van der Waals surface area contributed by atoms with Gasteiger partial charge in [-0.3, -0.25) is 9.59 Å². The minimum absolute atomic E-state index is 0.0862. The van der Waals surface area contributed by atoms with Crippen LogP contribution in [0.1, 0.15) is 11.6 Å². The van der Waals surface area contributed by atoms with E-state index >= 15 is 0 Å². The van der Waals surface area contributed by atoms with E-state index in [0.29, 0.717) is 5.56 Å². The highest BCUT2D eigenvalue weighted by molar-refractivity contribution is 8.00. The molecule has 2 aliphatic heterocycles. The smallest absolute Gasteiger partial charge is 0.330 e. The van der Waals surface area contributed by atoms with Crippen LogP contribution in [0.5, 0.6) is 0 Å². The number of aliphatic hydroxyl groups is 1. The third-order valence-electron chi connectivity index (χ3n) is 4.21. The molecule has 2 heterocycles. The van der Waals surface area contributed by atoms with Gasteiger partial charge in [0.15, 0.2) is 11.1 Å². The number of benzene rings is 1. The molecular formula is C15H16ClN3O5S. The minimum atomic E-state index is -2.06. The second-order valence-corrected chi connectivity index (χ2v) is 7.64. The summed E-state index contributed by atoms with van der Waals surface area (Å²) >= 11 is 6.94. The molecule has 0 radical (unpaired) electrons. The molecular weight excluding hydrogens is 370 g/mol. The summed E-state index contributed by atoms with van der Waals surface area (Å²) in [6.07, 6.45) is 0. The number of carboxylic acid groups (broad SMARTS) is 1. The van der Waals surface area contributed by atoms with Crippen molar-refractivity contribution in [3.63, 3.8) is 0 Å². The van der Waals surface area contributed by atoms with Gasteiger partial charge in [-0.15, -0.1) is 11.8 Å². The first-order valence-corrected chi connectivity index (χ1v) is 8.85. The summed E-state index contributed by atoms with van der Waals surface area (Å²) in [5, 5.41) is 19.2. The van der Waals surface area contributed by atoms with Crippen molar-refractivity contribution in [3.8, 4) is 0 Å². The lowest BCUT2D eigenvalue weighted by Crippen LogP contribution is -2.78. The van der Waals surface area contributed by atoms with Gasteiger partial charge in [0.1, 0.15) is 17.5 Å². The van der Waals surface area contributed by atoms with E-state index in [2.05, 4.69) is 5.32 Å². The molecule has 0 spiro atoms. The fourth-order valence-corrected chi connectivity index (χ4v) is 4.64. The fourth-order valence-electron chi connectivity index (χ4n) is 2.93. The Bertz CT molecular complexity index is 716. The number of alkyl halides is 1. The van der Waals surface area contributed by atoms with E-state index in [-0.39, 0.29) is 5.75 Å². The van der Waals surface area contributed by atoms with Gasteiger partial charge >= 0.3 is 5.97 Å². The Morgan fingerprint density at radius 2 is 2.04 bits per heavy atom. The first kappa shape index (κ1) is 18.0. The summed E-state index contributed by atoms with van der Waals surface area (Å²) in [6.45, 7) is 0. The SMILES string of the molecule is N[C@@H](C(=O)N[C@@H]1C(=O)N2C(C(=O)O)C(O)(Cl)CS[C@H]12)c1ccccc1. The maximum absolute atomic E-state index is 12.3. The van der Waals surface area contributed by atoms with Crippen molar-refractivity contribution in [2.75, 3.05) is 5.75 Å². The van der Waals surface area contributed by atoms with Crippen LogP contribution in [0.25, 0.3) is 0 Å². The van der Waals surface area contributed by atoms with Gasteiger partial charge in [-0.1, -0.05) is 41.9 Å². The zero-order valence-electron chi connectivity index (χ0n) is 12.8. The zero-order valence-corrected chi connectivity index (χ0v) is 14.4. The largest absolute Gasteiger partial charge is 0.480 e. The lowest BCUT2D eigenvalue weighted by Gasteiger charge is -2.55. The highest BCUT2D eigenvalue weighted by Gasteiger charge is 2.62. The first-order valence-electron chi connectivity index (χ1n) is 7.43. The van der Waals surface area contributed by atoms with Gasteiger partial charge in [0.25, 0.3) is 0 Å². The van der Waals surface area contributed by atoms with Crippen LogP contribution in [0.4, 0.5) is 0 Å². The van der Waals surface area contributed by atoms with Gasteiger partial charge in [-0.25, -0.2) is 4.79 Å². The lowest BCUT2D eigenvalue weighted by atomic mass is 9.98. The summed E-state index contributed by atoms with van der Waals surface area (Å²) in [5.41, 5.74) is 6.49. The Labute approximate surface area is 152 Å². The topological polar surface area (TPSA) is 133 Å². The minimum Gasteiger partial charge on any atom is -0.480 e. The maximum atomic E-state index is 12.3. The molecule has 0 saturated carbocycles. The van der Waals surface area contributed by atoms with Crippen LogP contribution in [-0.2, 0) is 14.4 Å². The number of thioether (sulfide) groups is 1. The van der Waals surface area contributed by atoms with Gasteiger partial charge in [0.05, 0.1) is 0 Å². The number of amides is 2. The molecule has 2 amide bonds. The number of halogens is 1. The summed E-state index contributed by atoms with van der Waals surface area (Å²) in [6, 6.07) is 5.26. The van der Waals surface area contributed by atoms with Crippen LogP contribution in [0.3, 0.4) is 0 Å². The fraction of sp³-hybridized carbons (Fsp3) is 0.400. The number of fused-ring (bicyclic) bond motifs is 1. The van der Waals surface area contributed by atoms with E-state index in [4.69, 9.17) is 17.3 Å². The number of rotatable bonds is 4. The van der Waals surface area contributed by atoms with Crippen LogP contribution in [0, 0.1) is 0 Å². The molecule has 2 fully saturated rings. The number of nitrogens with one attached hydrogen (secondary N) is 1. The van der Waals surface area contributed by atoms with Crippen molar-refractivity contribution in [1.82, 2.24) is 10.2 Å². The predicted molar refractivity (Wildman–Crippen MR) is 90.6 cm³/mol. The molecule has 2 aliphatic rings. The highest BCUT2D eigenvalue weighted by atomic mass is 35.5. The van der Waals surface area contributed by atoms with E-state index in [1.54, 1.807) is 30.3 Å². The van der Waals surface area contributed by atoms with Crippen LogP contribution in [0.2, 0.25) is 0 Å². The Kier molecular flexibility index (Phi) is 4.67. The van der Waals surface area contributed by atoms with Crippen molar-refractivity contribution in [2.45, 2.75) is 28.6 Å². The lowest BCUT2D eigenvalue weighted by molar-refractivity contribution is -0.170. The van der Waals surface area contributed by atoms with Crippen molar-refractivity contribution in [2.24, 2.45) is 5.73 Å². The molecule has 3 rings (SSSR count). The van der Waals surface area contributed by atoms with E-state index < -0.39 is 46.3 Å². The van der Waals surface area contributed by atoms with E-state index in [1.807, 2.05) is 0 Å². The molecule has 1 aromatic carbocycles. The number of nitrogens with two attached hydrogens (primary N) is 1. The number of aliphatic carboxylic acids is 1. The molecule has 1 aromatic rings. The number of nitrogens with zero attached hydrogens (tertiary/aromatic N) is 1. The number of carbonyl (C=O) groups is 3. The maximum Gasteiger partial charge on any atom is 0.330 e. The number of hydrogen-bond acceptors (Lipinski definition) is 6. The van der Waals surface area contributed by atoms with Crippen molar-refractivity contribution >= 4 is 41.1 Å². The van der Waals surface area contributed by atoms with E-state index in [0.717, 1.165) is 16.7 Å². The summed E-state index contributed by atoms with van der Waals surface area (Å²) in [4.78, 5) is 37.0. The summed E-state index contributed by atoms with van der Waals surface area (Å²) in [5.74, 6) is -2.64. The number of carbonyl (C=O) groups excluding carboxylic acids is 2. The molecule has 25 heavy (non-hydrogen) atoms. The average Bonchev–Trinajstić information content (AvgIpc) is 2.58. The van der Waals surface area contributed by atoms with Gasteiger partial charge in [-0.05, 0) is 5.56 Å². The molecule has 5 N–H and O–H groups in total. The quantitative estimate of drug-likeness (QED) is 0.404. The number of carboxylic acids is 1. The summed E-state index contributed by atoms with van der Waals surface area (Å²) < 4.78 is 0. The molecule has 2 unspecified atom stereocenters. The Balaban J connectivity index is 1.71. The van der Waals surface area contributed by atoms with Gasteiger partial charge < -0.3 is 26.2 Å². The third kappa shape index (κ3) is 3.08. The normalized spacial score (nSPS) is 32.4. The Hall–Kier alpha value is -1.81. The van der Waals surface area contributed by atoms with Crippen LogP contribution in [0.15, 0.2) is 30.3 Å². The van der Waals surface area contributed by atoms with Crippen molar-refractivity contribution < 1.29 is 24.6 Å². The molecule has 134 valence electrons. The van der Waals surface area contributed by atoms with Gasteiger partial charge in [0, 0.05) is 5.75 Å². The Morgan fingerprint density at radius 1 is 1.40 bits per heavy atom. The molecule has 2 saturated heterocycles. The zero-order chi connectivity index (χ0) is 18.4. The van der Waals surface area contributed by atoms with Crippen molar-refractivity contribution in [3.05, 3.63) is 35.9 Å². The van der Waals surface area contributed by atoms with Crippen LogP contribution in [-0.4, -0.2) is 61.2 Å². The molecule has 0 aliphatic carbocycles. The molecule has 5 atom stereocenters. The van der Waals surface area contributed by atoms with Crippen molar-refractivity contribution in [1.29, 1.82) is 0 Å². The number of β-lactam (4-membered cyclic amide) rings is 1. The second-order valence-electron chi connectivity index (χ2n) is 5.88. The monoisotopic (exact) mass is 385 g/mol. The molecule has 8 nitrogen and oxygen atoms in total. The highest BCUT2D eigenvalue weighted by Crippen LogP contribution is 2.44. The predicted octanol–water partition coefficient (Wildman–Crippen LogP) is -0.533.